The lowest BCUT2D eigenvalue weighted by atomic mass is 10.3. The SMILES string of the molecule is O=C(CNc1cccc(I)c1)Nc1ccccc1Cl. The first-order valence-corrected chi connectivity index (χ1v) is 7.14. The molecule has 0 spiro atoms. The van der Waals surface area contributed by atoms with E-state index in [1.54, 1.807) is 12.1 Å². The van der Waals surface area contributed by atoms with Crippen molar-refractivity contribution in [3.63, 3.8) is 0 Å². The molecule has 2 N–H and O–H groups in total. The second kappa shape index (κ2) is 6.77. The van der Waals surface area contributed by atoms with Crippen LogP contribution in [0.2, 0.25) is 5.02 Å². The Kier molecular flexibility index (Phi) is 5.04. The van der Waals surface area contributed by atoms with E-state index >= 15 is 0 Å². The summed E-state index contributed by atoms with van der Waals surface area (Å²) < 4.78 is 1.12. The Morgan fingerprint density at radius 3 is 2.68 bits per heavy atom. The summed E-state index contributed by atoms with van der Waals surface area (Å²) in [7, 11) is 0. The van der Waals surface area contributed by atoms with Crippen molar-refractivity contribution in [2.45, 2.75) is 0 Å². The van der Waals surface area contributed by atoms with Crippen molar-refractivity contribution in [2.24, 2.45) is 0 Å². The summed E-state index contributed by atoms with van der Waals surface area (Å²) in [6.07, 6.45) is 0. The Bertz CT molecular complexity index is 589. The molecule has 0 saturated carbocycles. The van der Waals surface area contributed by atoms with Crippen LogP contribution >= 0.6 is 34.2 Å². The molecule has 98 valence electrons. The van der Waals surface area contributed by atoms with Crippen molar-refractivity contribution >= 4 is 51.5 Å². The molecule has 3 nitrogen and oxygen atoms in total. The number of rotatable bonds is 4. The molecule has 19 heavy (non-hydrogen) atoms. The molecule has 0 bridgehead atoms. The van der Waals surface area contributed by atoms with E-state index in [4.69, 9.17) is 11.6 Å². The molecule has 0 aliphatic rings. The molecule has 0 saturated heterocycles. The summed E-state index contributed by atoms with van der Waals surface area (Å²) in [5.74, 6) is -0.132. The molecule has 0 unspecified atom stereocenters. The number of benzene rings is 2. The van der Waals surface area contributed by atoms with Crippen LogP contribution in [-0.2, 0) is 4.79 Å². The van der Waals surface area contributed by atoms with Gasteiger partial charge in [0.15, 0.2) is 0 Å². The van der Waals surface area contributed by atoms with Gasteiger partial charge in [0.2, 0.25) is 5.91 Å². The summed E-state index contributed by atoms with van der Waals surface area (Å²) in [4.78, 5) is 11.8. The zero-order chi connectivity index (χ0) is 13.7. The van der Waals surface area contributed by atoms with E-state index in [2.05, 4.69) is 33.2 Å². The molecule has 1 amide bonds. The maximum absolute atomic E-state index is 11.8. The number of carbonyl (C=O) groups is 1. The van der Waals surface area contributed by atoms with Crippen LogP contribution in [0, 0.1) is 3.57 Å². The van der Waals surface area contributed by atoms with E-state index in [9.17, 15) is 4.79 Å². The van der Waals surface area contributed by atoms with Gasteiger partial charge < -0.3 is 10.6 Å². The van der Waals surface area contributed by atoms with Gasteiger partial charge >= 0.3 is 0 Å². The molecule has 5 heteroatoms. The summed E-state index contributed by atoms with van der Waals surface area (Å²) in [6, 6.07) is 15.0. The smallest absolute Gasteiger partial charge is 0.243 e. The average Bonchev–Trinajstić information content (AvgIpc) is 2.39. The maximum atomic E-state index is 11.8. The zero-order valence-electron chi connectivity index (χ0n) is 9.99. The van der Waals surface area contributed by atoms with E-state index in [0.29, 0.717) is 10.7 Å². The third-order valence-electron chi connectivity index (χ3n) is 2.43. The van der Waals surface area contributed by atoms with Crippen molar-refractivity contribution in [3.8, 4) is 0 Å². The Labute approximate surface area is 130 Å². The number of carbonyl (C=O) groups excluding carboxylic acids is 1. The molecule has 0 fully saturated rings. The third kappa shape index (κ3) is 4.40. The van der Waals surface area contributed by atoms with Crippen molar-refractivity contribution in [1.29, 1.82) is 0 Å². The number of hydrogen-bond acceptors (Lipinski definition) is 2. The second-order valence-corrected chi connectivity index (χ2v) is 5.54. The van der Waals surface area contributed by atoms with E-state index in [1.807, 2.05) is 36.4 Å². The highest BCUT2D eigenvalue weighted by Crippen LogP contribution is 2.20. The summed E-state index contributed by atoms with van der Waals surface area (Å²) in [5.41, 5.74) is 1.54. The molecule has 0 radical (unpaired) electrons. The van der Waals surface area contributed by atoms with E-state index in [0.717, 1.165) is 9.26 Å². The van der Waals surface area contributed by atoms with Crippen molar-refractivity contribution in [3.05, 3.63) is 57.1 Å². The Morgan fingerprint density at radius 2 is 1.95 bits per heavy atom. The highest BCUT2D eigenvalue weighted by Gasteiger charge is 2.04. The lowest BCUT2D eigenvalue weighted by Crippen LogP contribution is -2.21. The Hall–Kier alpha value is -1.27. The molecule has 0 aromatic heterocycles. The molecule has 2 rings (SSSR count). The second-order valence-electron chi connectivity index (χ2n) is 3.89. The van der Waals surface area contributed by atoms with Gasteiger partial charge in [-0.3, -0.25) is 4.79 Å². The number of hydrogen-bond donors (Lipinski definition) is 2. The van der Waals surface area contributed by atoms with Gasteiger partial charge in [0.1, 0.15) is 0 Å². The number of amides is 1. The average molecular weight is 387 g/mol. The topological polar surface area (TPSA) is 41.1 Å². The van der Waals surface area contributed by atoms with Crippen LogP contribution < -0.4 is 10.6 Å². The number of anilines is 2. The first-order chi connectivity index (χ1) is 9.15. The third-order valence-corrected chi connectivity index (χ3v) is 3.43. The first kappa shape index (κ1) is 14.1. The lowest BCUT2D eigenvalue weighted by Gasteiger charge is -2.09. The zero-order valence-corrected chi connectivity index (χ0v) is 12.9. The van der Waals surface area contributed by atoms with Gasteiger partial charge in [0, 0.05) is 9.26 Å². The monoisotopic (exact) mass is 386 g/mol. The van der Waals surface area contributed by atoms with Gasteiger partial charge in [-0.15, -0.1) is 0 Å². The standard InChI is InChI=1S/C14H12ClIN2O/c15-12-6-1-2-7-13(12)18-14(19)9-17-11-5-3-4-10(16)8-11/h1-8,17H,9H2,(H,18,19). The minimum Gasteiger partial charge on any atom is -0.376 e. The quantitative estimate of drug-likeness (QED) is 0.780. The molecule has 2 aromatic rings. The molecular weight excluding hydrogens is 375 g/mol. The summed E-state index contributed by atoms with van der Waals surface area (Å²) in [6.45, 7) is 0.200. The molecule has 0 heterocycles. The number of para-hydroxylation sites is 1. The van der Waals surface area contributed by atoms with Gasteiger partial charge in [-0.1, -0.05) is 29.8 Å². The fourth-order valence-electron chi connectivity index (χ4n) is 1.54. The van der Waals surface area contributed by atoms with E-state index in [-0.39, 0.29) is 12.5 Å². The van der Waals surface area contributed by atoms with Crippen LogP contribution in [-0.4, -0.2) is 12.5 Å². The van der Waals surface area contributed by atoms with Crippen LogP contribution in [0.3, 0.4) is 0 Å². The first-order valence-electron chi connectivity index (χ1n) is 5.69. The number of halogens is 2. The van der Waals surface area contributed by atoms with Crippen LogP contribution in [0.25, 0.3) is 0 Å². The Balaban J connectivity index is 1.90. The number of nitrogens with one attached hydrogen (secondary N) is 2. The van der Waals surface area contributed by atoms with Crippen molar-refractivity contribution < 1.29 is 4.79 Å². The molecular formula is C14H12ClIN2O. The van der Waals surface area contributed by atoms with Crippen LogP contribution in [0.5, 0.6) is 0 Å². The molecule has 0 aliphatic carbocycles. The summed E-state index contributed by atoms with van der Waals surface area (Å²) >= 11 is 8.20. The van der Waals surface area contributed by atoms with Gasteiger partial charge in [-0.05, 0) is 52.9 Å². The predicted molar refractivity (Wildman–Crippen MR) is 87.7 cm³/mol. The van der Waals surface area contributed by atoms with Crippen molar-refractivity contribution in [1.82, 2.24) is 0 Å². The minimum absolute atomic E-state index is 0.132. The van der Waals surface area contributed by atoms with Gasteiger partial charge in [-0.2, -0.15) is 0 Å². The normalized spacial score (nSPS) is 10.0. The minimum atomic E-state index is -0.132. The van der Waals surface area contributed by atoms with Gasteiger partial charge in [0.05, 0.1) is 17.3 Å². The largest absolute Gasteiger partial charge is 0.376 e. The van der Waals surface area contributed by atoms with Gasteiger partial charge in [-0.25, -0.2) is 0 Å². The highest BCUT2D eigenvalue weighted by atomic mass is 127. The fourth-order valence-corrected chi connectivity index (χ4v) is 2.26. The Morgan fingerprint density at radius 1 is 1.16 bits per heavy atom. The van der Waals surface area contributed by atoms with Crippen LogP contribution in [0.4, 0.5) is 11.4 Å². The highest BCUT2D eigenvalue weighted by molar-refractivity contribution is 14.1. The van der Waals surface area contributed by atoms with Crippen LogP contribution in [0.15, 0.2) is 48.5 Å². The van der Waals surface area contributed by atoms with Crippen molar-refractivity contribution in [2.75, 3.05) is 17.2 Å². The molecule has 0 atom stereocenters. The van der Waals surface area contributed by atoms with Gasteiger partial charge in [0.25, 0.3) is 0 Å². The van der Waals surface area contributed by atoms with Crippen LogP contribution in [0.1, 0.15) is 0 Å². The molecule has 0 aliphatic heterocycles. The lowest BCUT2D eigenvalue weighted by molar-refractivity contribution is -0.114. The molecule has 2 aromatic carbocycles. The predicted octanol–water partition coefficient (Wildman–Crippen LogP) is 4.00. The van der Waals surface area contributed by atoms with E-state index < -0.39 is 0 Å². The van der Waals surface area contributed by atoms with E-state index in [1.165, 1.54) is 0 Å². The fraction of sp³-hybridized carbons (Fsp3) is 0.0714. The maximum Gasteiger partial charge on any atom is 0.243 e. The summed E-state index contributed by atoms with van der Waals surface area (Å²) in [5, 5.41) is 6.36.